The van der Waals surface area contributed by atoms with Gasteiger partial charge in [0.05, 0.1) is 6.42 Å². The summed E-state index contributed by atoms with van der Waals surface area (Å²) in [4.78, 5) is 23.7. The number of phenols is 1. The molecule has 0 radical (unpaired) electrons. The molecule has 0 saturated carbocycles. The number of phenolic OH excluding ortho intramolecular Hbond substituents is 1. The van der Waals surface area contributed by atoms with Crippen molar-refractivity contribution in [1.82, 2.24) is 4.72 Å². The zero-order valence-corrected chi connectivity index (χ0v) is 16.6. The van der Waals surface area contributed by atoms with Gasteiger partial charge in [0.2, 0.25) is 0 Å². The molecule has 10 heteroatoms. The van der Waals surface area contributed by atoms with Gasteiger partial charge in [0, 0.05) is 6.42 Å². The van der Waals surface area contributed by atoms with Crippen LogP contribution in [0, 0.1) is 5.82 Å². The highest BCUT2D eigenvalue weighted by atomic mass is 32.2. The van der Waals surface area contributed by atoms with Crippen LogP contribution in [0.5, 0.6) is 5.75 Å². The summed E-state index contributed by atoms with van der Waals surface area (Å²) in [5.41, 5.74) is 0.901. The lowest BCUT2D eigenvalue weighted by atomic mass is 9.88. The Morgan fingerprint density at radius 3 is 2.70 bits per heavy atom. The number of anilines is 1. The highest BCUT2D eigenvalue weighted by Crippen LogP contribution is 2.39. The van der Waals surface area contributed by atoms with Gasteiger partial charge in [-0.25, -0.2) is 13.4 Å². The third-order valence-corrected chi connectivity index (χ3v) is 6.52. The zero-order valence-electron chi connectivity index (χ0n) is 15.8. The Hall–Kier alpha value is -3.14. The van der Waals surface area contributed by atoms with Crippen LogP contribution in [0.3, 0.4) is 0 Å². The topological polar surface area (TPSA) is 113 Å². The van der Waals surface area contributed by atoms with Gasteiger partial charge in [-0.2, -0.15) is 8.42 Å². The van der Waals surface area contributed by atoms with Gasteiger partial charge in [0.25, 0.3) is 5.91 Å². The first kappa shape index (κ1) is 20.1. The molecule has 1 saturated heterocycles. The first-order valence-corrected chi connectivity index (χ1v) is 10.8. The Balaban J connectivity index is 1.56. The van der Waals surface area contributed by atoms with Crippen molar-refractivity contribution in [3.8, 4) is 5.75 Å². The van der Waals surface area contributed by atoms with Gasteiger partial charge in [-0.1, -0.05) is 30.3 Å². The van der Waals surface area contributed by atoms with Crippen LogP contribution in [0.4, 0.5) is 10.1 Å². The monoisotopic (exact) mass is 434 g/mol. The van der Waals surface area contributed by atoms with Crippen LogP contribution in [0.2, 0.25) is 0 Å². The van der Waals surface area contributed by atoms with Crippen molar-refractivity contribution >= 4 is 27.8 Å². The smallest absolute Gasteiger partial charge is 0.326 e. The molecule has 1 heterocycles. The first-order chi connectivity index (χ1) is 14.2. The Labute approximate surface area is 172 Å². The van der Waals surface area contributed by atoms with Crippen molar-refractivity contribution in [3.05, 3.63) is 58.9 Å². The second-order valence-corrected chi connectivity index (χ2v) is 8.84. The van der Waals surface area contributed by atoms with Crippen LogP contribution < -0.4 is 9.03 Å². The van der Waals surface area contributed by atoms with E-state index >= 15 is 4.39 Å². The molecule has 0 bridgehead atoms. The number of ether oxygens (including phenoxy) is 1. The molecule has 2 N–H and O–H groups in total. The van der Waals surface area contributed by atoms with Crippen LogP contribution in [-0.4, -0.2) is 38.0 Å². The van der Waals surface area contributed by atoms with Gasteiger partial charge >= 0.3 is 16.2 Å². The standard InChI is InChI=1S/C20H19FN2O6S/c21-19-15-10-14(29-18(26)8-12-4-2-1-3-5-12)7-6-13(15)9-16(24)20(19)23-11-17(25)22-30(23,27)28/h1-5,9,14,24H,6-8,10-11H2,(H,22,25). The van der Waals surface area contributed by atoms with E-state index in [1.54, 1.807) is 16.9 Å². The molecule has 2 aromatic carbocycles. The lowest BCUT2D eigenvalue weighted by Crippen LogP contribution is -2.32. The predicted molar refractivity (Wildman–Crippen MR) is 105 cm³/mol. The number of fused-ring (bicyclic) bond motifs is 1. The number of esters is 1. The summed E-state index contributed by atoms with van der Waals surface area (Å²) in [7, 11) is -4.28. The minimum atomic E-state index is -4.28. The van der Waals surface area contributed by atoms with E-state index in [1.165, 1.54) is 6.07 Å². The van der Waals surface area contributed by atoms with E-state index in [0.29, 0.717) is 22.7 Å². The van der Waals surface area contributed by atoms with Crippen LogP contribution in [0.1, 0.15) is 23.1 Å². The normalized spacial score (nSPS) is 19.8. The van der Waals surface area contributed by atoms with E-state index in [1.807, 2.05) is 18.2 Å². The van der Waals surface area contributed by atoms with Gasteiger partial charge in [-0.3, -0.25) is 9.59 Å². The lowest BCUT2D eigenvalue weighted by Gasteiger charge is -2.27. The fourth-order valence-corrected chi connectivity index (χ4v) is 4.94. The Morgan fingerprint density at radius 2 is 2.03 bits per heavy atom. The Kier molecular flexibility index (Phi) is 5.10. The van der Waals surface area contributed by atoms with E-state index in [9.17, 15) is 23.1 Å². The van der Waals surface area contributed by atoms with E-state index in [-0.39, 0.29) is 18.4 Å². The van der Waals surface area contributed by atoms with Crippen LogP contribution in [-0.2, 0) is 43.8 Å². The van der Waals surface area contributed by atoms with Crippen molar-refractivity contribution in [3.63, 3.8) is 0 Å². The number of nitrogens with zero attached hydrogens (tertiary/aromatic N) is 1. The van der Waals surface area contributed by atoms with E-state index in [2.05, 4.69) is 0 Å². The molecule has 0 aromatic heterocycles. The minimum absolute atomic E-state index is 0.0459. The minimum Gasteiger partial charge on any atom is -0.506 e. The van der Waals surface area contributed by atoms with Crippen molar-refractivity contribution in [2.24, 2.45) is 0 Å². The second-order valence-electron chi connectivity index (χ2n) is 7.25. The first-order valence-electron chi connectivity index (χ1n) is 9.34. The quantitative estimate of drug-likeness (QED) is 0.703. The van der Waals surface area contributed by atoms with E-state index in [4.69, 9.17) is 4.74 Å². The molecule has 1 unspecified atom stereocenters. The number of carbonyl (C=O) groups is 2. The van der Waals surface area contributed by atoms with Gasteiger partial charge in [0.15, 0.2) is 5.82 Å². The molecule has 158 valence electrons. The predicted octanol–water partition coefficient (Wildman–Crippen LogP) is 1.36. The number of hydrogen-bond acceptors (Lipinski definition) is 6. The highest BCUT2D eigenvalue weighted by Gasteiger charge is 2.39. The summed E-state index contributed by atoms with van der Waals surface area (Å²) in [6, 6.07) is 10.4. The molecule has 2 aromatic rings. The Bertz CT molecular complexity index is 1120. The molecule has 1 aliphatic carbocycles. The number of carbonyl (C=O) groups excluding carboxylic acids is 2. The van der Waals surface area contributed by atoms with Gasteiger partial charge in [-0.15, -0.1) is 0 Å². The van der Waals surface area contributed by atoms with Crippen LogP contribution >= 0.6 is 0 Å². The zero-order chi connectivity index (χ0) is 21.5. The number of rotatable bonds is 4. The molecule has 1 amide bonds. The molecule has 1 fully saturated rings. The molecule has 1 aliphatic heterocycles. The van der Waals surface area contributed by atoms with E-state index < -0.39 is 52.0 Å². The average Bonchev–Trinajstić information content (AvgIpc) is 2.95. The number of nitrogens with one attached hydrogen (secondary N) is 1. The summed E-state index contributed by atoms with van der Waals surface area (Å²) in [5.74, 6) is -2.76. The number of aromatic hydroxyl groups is 1. The lowest BCUT2D eigenvalue weighted by molar-refractivity contribution is -0.148. The summed E-state index contributed by atoms with van der Waals surface area (Å²) < 4.78 is 47.1. The molecule has 1 atom stereocenters. The highest BCUT2D eigenvalue weighted by molar-refractivity contribution is 7.92. The molecular formula is C20H19FN2O6S. The van der Waals surface area contributed by atoms with Crippen LogP contribution in [0.15, 0.2) is 36.4 Å². The van der Waals surface area contributed by atoms with Crippen molar-refractivity contribution in [2.75, 3.05) is 10.8 Å². The summed E-state index contributed by atoms with van der Waals surface area (Å²) >= 11 is 0. The van der Waals surface area contributed by atoms with Crippen molar-refractivity contribution in [1.29, 1.82) is 0 Å². The van der Waals surface area contributed by atoms with Crippen LogP contribution in [0.25, 0.3) is 0 Å². The second kappa shape index (κ2) is 7.60. The summed E-state index contributed by atoms with van der Waals surface area (Å²) in [6.45, 7) is -0.624. The maximum absolute atomic E-state index is 15.2. The summed E-state index contributed by atoms with van der Waals surface area (Å²) in [5, 5.41) is 10.2. The Morgan fingerprint density at radius 1 is 1.30 bits per heavy atom. The largest absolute Gasteiger partial charge is 0.506 e. The van der Waals surface area contributed by atoms with E-state index in [0.717, 1.165) is 5.56 Å². The number of hydrogen-bond donors (Lipinski definition) is 2. The maximum Gasteiger partial charge on any atom is 0.326 e. The third-order valence-electron chi connectivity index (χ3n) is 5.14. The van der Waals surface area contributed by atoms with Crippen molar-refractivity contribution < 1.29 is 32.2 Å². The molecule has 30 heavy (non-hydrogen) atoms. The molecular weight excluding hydrogens is 415 g/mol. The molecule has 2 aliphatic rings. The third kappa shape index (κ3) is 3.82. The average molecular weight is 434 g/mol. The maximum atomic E-state index is 15.2. The fraction of sp³-hybridized carbons (Fsp3) is 0.300. The molecule has 0 spiro atoms. The van der Waals surface area contributed by atoms with Gasteiger partial charge in [-0.05, 0) is 35.6 Å². The number of benzene rings is 2. The number of amides is 1. The summed E-state index contributed by atoms with van der Waals surface area (Å²) in [6.07, 6.45) is 0.370. The van der Waals surface area contributed by atoms with Gasteiger partial charge < -0.3 is 9.84 Å². The SMILES string of the molecule is O=C1CN(c2c(O)cc3c(c2F)CC(OC(=O)Cc2ccccc2)CC3)S(=O)(=O)N1. The van der Waals surface area contributed by atoms with Gasteiger partial charge in [0.1, 0.15) is 24.1 Å². The molecule has 8 nitrogen and oxygen atoms in total. The van der Waals surface area contributed by atoms with Crippen molar-refractivity contribution in [2.45, 2.75) is 31.8 Å². The molecule has 4 rings (SSSR count). The number of aryl methyl sites for hydroxylation is 1. The number of halogens is 1. The fourth-order valence-electron chi connectivity index (χ4n) is 3.78.